The standard InChI is InChI=1S/C30H33BrN2O5S/c1-6-8-23-26(29(35)37-7-2)27(20-11-14-24(36-5)22(31)16-20)33-28(34)25(39-30(33)32-23)15-19-9-12-21(13-10-19)38-17-18(3)4/h9-16,18,27H,6-8,17H2,1-5H3/b25-15+/t27-/m0/s1. The molecule has 0 unspecified atom stereocenters. The minimum atomic E-state index is -0.682. The minimum absolute atomic E-state index is 0.215. The quantitative estimate of drug-likeness (QED) is 0.287. The summed E-state index contributed by atoms with van der Waals surface area (Å²) in [4.78, 5) is 32.6. The van der Waals surface area contributed by atoms with Crippen molar-refractivity contribution >= 4 is 39.3 Å². The van der Waals surface area contributed by atoms with Gasteiger partial charge in [0.05, 0.1) is 46.6 Å². The summed E-state index contributed by atoms with van der Waals surface area (Å²) in [5.74, 6) is 1.41. The molecule has 0 N–H and O–H groups in total. The summed E-state index contributed by atoms with van der Waals surface area (Å²) in [6, 6.07) is 12.6. The van der Waals surface area contributed by atoms with Gasteiger partial charge in [0.25, 0.3) is 5.56 Å². The van der Waals surface area contributed by atoms with Crippen molar-refractivity contribution in [3.63, 3.8) is 0 Å². The first-order valence-electron chi connectivity index (χ1n) is 13.1. The molecule has 1 aromatic heterocycles. The second-order valence-electron chi connectivity index (χ2n) is 9.58. The van der Waals surface area contributed by atoms with Crippen molar-refractivity contribution in [2.24, 2.45) is 10.9 Å². The summed E-state index contributed by atoms with van der Waals surface area (Å²) >= 11 is 4.87. The first kappa shape index (κ1) is 28.8. The number of hydrogen-bond acceptors (Lipinski definition) is 7. The smallest absolute Gasteiger partial charge is 0.338 e. The largest absolute Gasteiger partial charge is 0.496 e. The number of halogens is 1. The van der Waals surface area contributed by atoms with E-state index in [1.165, 1.54) is 11.3 Å². The number of rotatable bonds is 10. The summed E-state index contributed by atoms with van der Waals surface area (Å²) < 4.78 is 19.5. The molecule has 0 saturated heterocycles. The van der Waals surface area contributed by atoms with Crippen molar-refractivity contribution in [2.45, 2.75) is 46.6 Å². The molecule has 1 atom stereocenters. The van der Waals surface area contributed by atoms with Gasteiger partial charge in [-0.15, -0.1) is 0 Å². The SMILES string of the molecule is CCCC1=C(C(=O)OCC)[C@H](c2ccc(OC)c(Br)c2)n2c(s/c(=C/c3ccc(OCC(C)C)cc3)c2=O)=N1. The van der Waals surface area contributed by atoms with Gasteiger partial charge < -0.3 is 14.2 Å². The van der Waals surface area contributed by atoms with Crippen LogP contribution in [0.1, 0.15) is 57.7 Å². The van der Waals surface area contributed by atoms with Gasteiger partial charge in [0.15, 0.2) is 4.80 Å². The normalized spacial score (nSPS) is 15.3. The van der Waals surface area contributed by atoms with Crippen LogP contribution in [0, 0.1) is 5.92 Å². The van der Waals surface area contributed by atoms with E-state index in [1.807, 2.05) is 55.5 Å². The van der Waals surface area contributed by atoms with Gasteiger partial charge in [0.2, 0.25) is 0 Å². The van der Waals surface area contributed by atoms with E-state index in [2.05, 4.69) is 29.8 Å². The van der Waals surface area contributed by atoms with E-state index in [0.717, 1.165) is 27.8 Å². The van der Waals surface area contributed by atoms with Crippen LogP contribution >= 0.6 is 27.3 Å². The Bertz CT molecular complexity index is 1550. The lowest BCUT2D eigenvalue weighted by Gasteiger charge is -2.26. The molecule has 0 radical (unpaired) electrons. The number of aromatic nitrogens is 1. The van der Waals surface area contributed by atoms with E-state index in [1.54, 1.807) is 18.6 Å². The average molecular weight is 614 g/mol. The lowest BCUT2D eigenvalue weighted by Crippen LogP contribution is -2.40. The van der Waals surface area contributed by atoms with E-state index >= 15 is 0 Å². The second-order valence-corrected chi connectivity index (χ2v) is 11.4. The van der Waals surface area contributed by atoms with E-state index in [-0.39, 0.29) is 12.2 Å². The number of allylic oxidation sites excluding steroid dienone is 1. The molecule has 39 heavy (non-hydrogen) atoms. The lowest BCUT2D eigenvalue weighted by molar-refractivity contribution is -0.139. The van der Waals surface area contributed by atoms with Gasteiger partial charge in [0, 0.05) is 0 Å². The molecule has 0 spiro atoms. The summed E-state index contributed by atoms with van der Waals surface area (Å²) in [5.41, 5.74) is 2.45. The molecule has 0 aliphatic carbocycles. The summed E-state index contributed by atoms with van der Waals surface area (Å²) in [5, 5.41) is 0. The number of methoxy groups -OCH3 is 1. The Morgan fingerprint density at radius 2 is 1.92 bits per heavy atom. The number of benzene rings is 2. The van der Waals surface area contributed by atoms with Crippen LogP contribution in [0.4, 0.5) is 0 Å². The van der Waals surface area contributed by atoms with Crippen LogP contribution in [0.15, 0.2) is 68.0 Å². The maximum absolute atomic E-state index is 13.9. The van der Waals surface area contributed by atoms with Crippen molar-refractivity contribution in [3.8, 4) is 11.5 Å². The number of ether oxygens (including phenoxy) is 3. The summed E-state index contributed by atoms with van der Waals surface area (Å²) in [7, 11) is 1.59. The topological polar surface area (TPSA) is 79.1 Å². The Morgan fingerprint density at radius 1 is 1.18 bits per heavy atom. The molecule has 1 aliphatic rings. The van der Waals surface area contributed by atoms with E-state index in [9.17, 15) is 9.59 Å². The summed E-state index contributed by atoms with van der Waals surface area (Å²) in [6.45, 7) is 8.88. The number of carbonyl (C=O) groups is 1. The molecule has 0 saturated carbocycles. The van der Waals surface area contributed by atoms with Gasteiger partial charge >= 0.3 is 5.97 Å². The molecule has 0 fully saturated rings. The zero-order valence-electron chi connectivity index (χ0n) is 22.8. The fourth-order valence-corrected chi connectivity index (χ4v) is 5.94. The molecular formula is C30H33BrN2O5S. The van der Waals surface area contributed by atoms with Gasteiger partial charge in [-0.05, 0) is 76.7 Å². The average Bonchev–Trinajstić information content (AvgIpc) is 3.22. The van der Waals surface area contributed by atoms with Gasteiger partial charge in [-0.25, -0.2) is 9.79 Å². The van der Waals surface area contributed by atoms with E-state index < -0.39 is 12.0 Å². The third-order valence-electron chi connectivity index (χ3n) is 6.14. The highest BCUT2D eigenvalue weighted by molar-refractivity contribution is 9.10. The number of thiazole rings is 1. The van der Waals surface area contributed by atoms with Crippen LogP contribution in [-0.2, 0) is 9.53 Å². The number of esters is 1. The predicted molar refractivity (Wildman–Crippen MR) is 157 cm³/mol. The maximum Gasteiger partial charge on any atom is 0.338 e. The van der Waals surface area contributed by atoms with Gasteiger partial charge in [-0.1, -0.05) is 56.7 Å². The van der Waals surface area contributed by atoms with Crippen molar-refractivity contribution in [2.75, 3.05) is 20.3 Å². The zero-order valence-corrected chi connectivity index (χ0v) is 25.2. The molecule has 1 aliphatic heterocycles. The molecule has 206 valence electrons. The zero-order chi connectivity index (χ0) is 28.1. The molecule has 2 heterocycles. The van der Waals surface area contributed by atoms with E-state index in [4.69, 9.17) is 19.2 Å². The third kappa shape index (κ3) is 6.36. The molecular weight excluding hydrogens is 580 g/mol. The van der Waals surface area contributed by atoms with Crippen LogP contribution in [0.2, 0.25) is 0 Å². The first-order valence-corrected chi connectivity index (χ1v) is 14.7. The molecule has 3 aromatic rings. The molecule has 2 aromatic carbocycles. The predicted octanol–water partition coefficient (Wildman–Crippen LogP) is 5.38. The van der Waals surface area contributed by atoms with Gasteiger partial charge in [-0.3, -0.25) is 9.36 Å². The van der Waals surface area contributed by atoms with Crippen molar-refractivity contribution in [1.29, 1.82) is 0 Å². The Hall–Kier alpha value is -3.17. The highest BCUT2D eigenvalue weighted by Crippen LogP contribution is 2.36. The highest BCUT2D eigenvalue weighted by atomic mass is 79.9. The first-order chi connectivity index (χ1) is 18.8. The van der Waals surface area contributed by atoms with Crippen LogP contribution in [0.5, 0.6) is 11.5 Å². The van der Waals surface area contributed by atoms with Crippen LogP contribution in [0.25, 0.3) is 6.08 Å². The van der Waals surface area contributed by atoms with Gasteiger partial charge in [-0.2, -0.15) is 0 Å². The minimum Gasteiger partial charge on any atom is -0.496 e. The Labute approximate surface area is 240 Å². The Kier molecular flexibility index (Phi) is 9.45. The maximum atomic E-state index is 13.9. The molecule has 0 amide bonds. The Morgan fingerprint density at radius 3 is 2.54 bits per heavy atom. The van der Waals surface area contributed by atoms with Crippen molar-refractivity contribution in [1.82, 2.24) is 4.57 Å². The van der Waals surface area contributed by atoms with Crippen LogP contribution in [-0.4, -0.2) is 30.9 Å². The molecule has 4 rings (SSSR count). The van der Waals surface area contributed by atoms with Gasteiger partial charge in [0.1, 0.15) is 11.5 Å². The molecule has 0 bridgehead atoms. The van der Waals surface area contributed by atoms with Crippen LogP contribution in [0.3, 0.4) is 0 Å². The fourth-order valence-electron chi connectivity index (χ4n) is 4.36. The highest BCUT2D eigenvalue weighted by Gasteiger charge is 2.34. The Balaban J connectivity index is 1.87. The van der Waals surface area contributed by atoms with Crippen molar-refractivity contribution in [3.05, 3.63) is 89.0 Å². The molecule has 7 nitrogen and oxygen atoms in total. The second kappa shape index (κ2) is 12.8. The van der Waals surface area contributed by atoms with Crippen LogP contribution < -0.4 is 24.4 Å². The molecule has 9 heteroatoms. The number of hydrogen-bond donors (Lipinski definition) is 0. The summed E-state index contributed by atoms with van der Waals surface area (Å²) in [6.07, 6.45) is 3.23. The monoisotopic (exact) mass is 612 g/mol. The lowest BCUT2D eigenvalue weighted by atomic mass is 9.94. The van der Waals surface area contributed by atoms with Crippen molar-refractivity contribution < 1.29 is 19.0 Å². The number of carbonyl (C=O) groups excluding carboxylic acids is 1. The number of nitrogens with zero attached hydrogens (tertiary/aromatic N) is 2. The fraction of sp³-hybridized carbons (Fsp3) is 0.367. The third-order valence-corrected chi connectivity index (χ3v) is 7.75. The van der Waals surface area contributed by atoms with E-state index in [0.29, 0.717) is 45.3 Å². The number of fused-ring (bicyclic) bond motifs is 1.